The Morgan fingerprint density at radius 1 is 0.893 bits per heavy atom. The summed E-state index contributed by atoms with van der Waals surface area (Å²) in [4.78, 5) is 59.3. The second kappa shape index (κ2) is 11.4. The SMILES string of the molecule is C=CC(=O)OCC(C)(C)COC(=O)CCC(CC(=O)OCC)(C(C)=O)C(C)=O. The van der Waals surface area contributed by atoms with Gasteiger partial charge in [0.15, 0.2) is 0 Å². The minimum Gasteiger partial charge on any atom is -0.466 e. The Kier molecular flexibility index (Phi) is 10.3. The molecule has 0 aliphatic rings. The average Bonchev–Trinajstić information content (AvgIpc) is 2.61. The van der Waals surface area contributed by atoms with Gasteiger partial charge in [-0.15, -0.1) is 0 Å². The van der Waals surface area contributed by atoms with Crippen molar-refractivity contribution >= 4 is 29.5 Å². The van der Waals surface area contributed by atoms with Crippen LogP contribution in [0.15, 0.2) is 12.7 Å². The quantitative estimate of drug-likeness (QED) is 0.201. The molecule has 8 heteroatoms. The van der Waals surface area contributed by atoms with Crippen molar-refractivity contribution in [2.75, 3.05) is 19.8 Å². The number of carbonyl (C=O) groups is 5. The molecule has 0 spiro atoms. The van der Waals surface area contributed by atoms with Gasteiger partial charge in [-0.2, -0.15) is 0 Å². The van der Waals surface area contributed by atoms with E-state index in [0.29, 0.717) is 0 Å². The topological polar surface area (TPSA) is 113 Å². The molecule has 0 aliphatic carbocycles. The van der Waals surface area contributed by atoms with E-state index in [0.717, 1.165) is 6.08 Å². The molecule has 0 aliphatic heterocycles. The average molecular weight is 398 g/mol. The van der Waals surface area contributed by atoms with Crippen LogP contribution in [0.5, 0.6) is 0 Å². The first-order chi connectivity index (χ1) is 12.9. The molecule has 0 aromatic rings. The number of carbonyl (C=O) groups excluding carboxylic acids is 5. The number of esters is 3. The fourth-order valence-corrected chi connectivity index (χ4v) is 2.43. The Labute approximate surface area is 165 Å². The Bertz CT molecular complexity index is 604. The molecule has 0 N–H and O–H groups in total. The fourth-order valence-electron chi connectivity index (χ4n) is 2.43. The third kappa shape index (κ3) is 8.45. The van der Waals surface area contributed by atoms with Crippen LogP contribution >= 0.6 is 0 Å². The van der Waals surface area contributed by atoms with Crippen LogP contribution in [0.4, 0.5) is 0 Å². The maximum Gasteiger partial charge on any atom is 0.330 e. The van der Waals surface area contributed by atoms with Crippen LogP contribution in [-0.2, 0) is 38.2 Å². The summed E-state index contributed by atoms with van der Waals surface area (Å²) in [6.07, 6.45) is 0.249. The van der Waals surface area contributed by atoms with E-state index in [1.54, 1.807) is 20.8 Å². The fraction of sp³-hybridized carbons (Fsp3) is 0.650. The van der Waals surface area contributed by atoms with E-state index in [4.69, 9.17) is 14.2 Å². The van der Waals surface area contributed by atoms with Gasteiger partial charge in [0, 0.05) is 17.9 Å². The first-order valence-electron chi connectivity index (χ1n) is 9.02. The van der Waals surface area contributed by atoms with Crippen LogP contribution in [-0.4, -0.2) is 49.3 Å². The van der Waals surface area contributed by atoms with Crippen LogP contribution in [0.1, 0.15) is 53.9 Å². The van der Waals surface area contributed by atoms with Crippen LogP contribution in [0, 0.1) is 10.8 Å². The highest BCUT2D eigenvalue weighted by Crippen LogP contribution is 2.32. The van der Waals surface area contributed by atoms with E-state index in [9.17, 15) is 24.0 Å². The van der Waals surface area contributed by atoms with Crippen molar-refractivity contribution in [2.24, 2.45) is 10.8 Å². The van der Waals surface area contributed by atoms with E-state index < -0.39 is 46.7 Å². The number of ether oxygens (including phenoxy) is 3. The van der Waals surface area contributed by atoms with Crippen molar-refractivity contribution in [3.8, 4) is 0 Å². The van der Waals surface area contributed by atoms with Crippen LogP contribution in [0.25, 0.3) is 0 Å². The van der Waals surface area contributed by atoms with Gasteiger partial charge in [0.1, 0.15) is 11.6 Å². The third-order valence-electron chi connectivity index (χ3n) is 4.25. The number of hydrogen-bond donors (Lipinski definition) is 0. The van der Waals surface area contributed by atoms with Crippen LogP contribution in [0.3, 0.4) is 0 Å². The molecule has 0 amide bonds. The largest absolute Gasteiger partial charge is 0.466 e. The van der Waals surface area contributed by atoms with Crippen molar-refractivity contribution < 1.29 is 38.2 Å². The molecule has 28 heavy (non-hydrogen) atoms. The van der Waals surface area contributed by atoms with Gasteiger partial charge in [0.2, 0.25) is 0 Å². The van der Waals surface area contributed by atoms with Crippen molar-refractivity contribution in [3.05, 3.63) is 12.7 Å². The lowest BCUT2D eigenvalue weighted by Crippen LogP contribution is -2.40. The van der Waals surface area contributed by atoms with E-state index in [1.807, 2.05) is 0 Å². The molecule has 0 heterocycles. The lowest BCUT2D eigenvalue weighted by molar-refractivity contribution is -0.156. The highest BCUT2D eigenvalue weighted by Gasteiger charge is 2.43. The molecular weight excluding hydrogens is 368 g/mol. The summed E-state index contributed by atoms with van der Waals surface area (Å²) in [5, 5.41) is 0. The molecule has 0 radical (unpaired) electrons. The molecule has 0 aromatic heterocycles. The molecule has 0 saturated heterocycles. The van der Waals surface area contributed by atoms with Gasteiger partial charge in [0.25, 0.3) is 0 Å². The van der Waals surface area contributed by atoms with Crippen molar-refractivity contribution in [2.45, 2.75) is 53.9 Å². The zero-order valence-corrected chi connectivity index (χ0v) is 17.3. The van der Waals surface area contributed by atoms with Crippen molar-refractivity contribution in [1.82, 2.24) is 0 Å². The number of ketones is 2. The highest BCUT2D eigenvalue weighted by atomic mass is 16.5. The lowest BCUT2D eigenvalue weighted by atomic mass is 9.73. The van der Waals surface area contributed by atoms with E-state index in [-0.39, 0.29) is 32.7 Å². The van der Waals surface area contributed by atoms with Gasteiger partial charge in [-0.25, -0.2) is 4.79 Å². The van der Waals surface area contributed by atoms with Crippen LogP contribution in [0.2, 0.25) is 0 Å². The normalized spacial score (nSPS) is 11.3. The monoisotopic (exact) mass is 398 g/mol. The number of hydrogen-bond acceptors (Lipinski definition) is 8. The minimum absolute atomic E-state index is 0.0265. The Morgan fingerprint density at radius 2 is 1.43 bits per heavy atom. The van der Waals surface area contributed by atoms with Gasteiger partial charge >= 0.3 is 17.9 Å². The molecular formula is C20H30O8. The Balaban J connectivity index is 4.89. The van der Waals surface area contributed by atoms with Gasteiger partial charge < -0.3 is 14.2 Å². The maximum absolute atomic E-state index is 12.1. The number of rotatable bonds is 13. The van der Waals surface area contributed by atoms with E-state index in [1.165, 1.54) is 13.8 Å². The molecule has 0 rings (SSSR count). The summed E-state index contributed by atoms with van der Waals surface area (Å²) in [7, 11) is 0. The van der Waals surface area contributed by atoms with Gasteiger partial charge in [-0.1, -0.05) is 20.4 Å². The highest BCUT2D eigenvalue weighted by molar-refractivity contribution is 6.07. The zero-order valence-electron chi connectivity index (χ0n) is 17.3. The summed E-state index contributed by atoms with van der Waals surface area (Å²) < 4.78 is 15.0. The standard InChI is InChI=1S/C20H30O8/c1-7-16(23)27-12-19(5,6)13-28-17(24)9-10-20(14(3)21,15(4)22)11-18(25)26-8-2/h7H,1,8-13H2,2-6H3. The molecule has 0 fully saturated rings. The van der Waals surface area contributed by atoms with Crippen molar-refractivity contribution in [1.29, 1.82) is 0 Å². The molecule has 158 valence electrons. The van der Waals surface area contributed by atoms with Gasteiger partial charge in [-0.05, 0) is 27.2 Å². The lowest BCUT2D eigenvalue weighted by Gasteiger charge is -2.28. The van der Waals surface area contributed by atoms with Gasteiger partial charge in [-0.3, -0.25) is 19.2 Å². The maximum atomic E-state index is 12.1. The Morgan fingerprint density at radius 3 is 1.89 bits per heavy atom. The van der Waals surface area contributed by atoms with E-state index >= 15 is 0 Å². The first kappa shape index (κ1) is 25.5. The summed E-state index contributed by atoms with van der Waals surface area (Å²) >= 11 is 0. The molecule has 0 aromatic carbocycles. The van der Waals surface area contributed by atoms with Crippen molar-refractivity contribution in [3.63, 3.8) is 0 Å². The minimum atomic E-state index is -1.61. The predicted molar refractivity (Wildman–Crippen MR) is 100 cm³/mol. The second-order valence-electron chi connectivity index (χ2n) is 7.31. The molecule has 0 atom stereocenters. The summed E-state index contributed by atoms with van der Waals surface area (Å²) in [5.41, 5.74) is -2.24. The van der Waals surface area contributed by atoms with E-state index in [2.05, 4.69) is 6.58 Å². The molecule has 8 nitrogen and oxygen atoms in total. The molecule has 0 unspecified atom stereocenters. The third-order valence-corrected chi connectivity index (χ3v) is 4.25. The summed E-state index contributed by atoms with van der Waals surface area (Å²) in [6.45, 7) is 10.9. The smallest absolute Gasteiger partial charge is 0.330 e. The van der Waals surface area contributed by atoms with Gasteiger partial charge in [0.05, 0.1) is 31.7 Å². The first-order valence-corrected chi connectivity index (χ1v) is 9.02. The molecule has 0 saturated carbocycles. The number of Topliss-reactive ketones (excluding diaryl/α,β-unsaturated/α-hetero) is 2. The summed E-state index contributed by atoms with van der Waals surface area (Å²) in [6, 6.07) is 0. The van der Waals surface area contributed by atoms with Crippen LogP contribution < -0.4 is 0 Å². The predicted octanol–water partition coefficient (Wildman–Crippen LogP) is 2.18. The zero-order chi connectivity index (χ0) is 22.0. The Hall–Kier alpha value is -2.51. The molecule has 0 bridgehead atoms. The second-order valence-corrected chi connectivity index (χ2v) is 7.31. The summed E-state index contributed by atoms with van der Waals surface area (Å²) in [5.74, 6) is -2.88.